The number of hydrogen-bond donors (Lipinski definition) is 1. The van der Waals surface area contributed by atoms with Crippen LogP contribution in [-0.2, 0) is 10.6 Å². The summed E-state index contributed by atoms with van der Waals surface area (Å²) in [5, 5.41) is 0. The molecule has 0 fully saturated rings. The Morgan fingerprint density at radius 1 is 1.42 bits per heavy atom. The number of alkyl halides is 2. The summed E-state index contributed by atoms with van der Waals surface area (Å²) in [6.07, 6.45) is 1.56. The minimum absolute atomic E-state index is 0.179. The lowest BCUT2D eigenvalue weighted by atomic mass is 10.2. The molecule has 0 amide bonds. The predicted molar refractivity (Wildman–Crippen MR) is 67.1 cm³/mol. The number of nitrogens with one attached hydrogen (secondary N) is 1. The van der Waals surface area contributed by atoms with Gasteiger partial charge < -0.3 is 9.64 Å². The maximum atomic E-state index is 13.8. The summed E-state index contributed by atoms with van der Waals surface area (Å²) < 4.78 is 31.8. The SMILES string of the molecule is [B]OC/C=C/C(F)(F)c1nc2ccccc2[nH]c1=O. The zero-order valence-electron chi connectivity index (χ0n) is 9.77. The maximum Gasteiger partial charge on any atom is 0.313 e. The maximum absolute atomic E-state index is 13.8. The molecule has 7 heteroatoms. The van der Waals surface area contributed by atoms with Gasteiger partial charge in [-0.05, 0) is 18.2 Å². The largest absolute Gasteiger partial charge is 0.444 e. The molecule has 0 bridgehead atoms. The van der Waals surface area contributed by atoms with Crippen molar-refractivity contribution in [2.24, 2.45) is 0 Å². The fraction of sp³-hybridized carbons (Fsp3) is 0.167. The third-order valence-electron chi connectivity index (χ3n) is 2.43. The first-order valence-corrected chi connectivity index (χ1v) is 5.41. The van der Waals surface area contributed by atoms with Crippen molar-refractivity contribution in [3.63, 3.8) is 0 Å². The van der Waals surface area contributed by atoms with Crippen LogP contribution in [0.2, 0.25) is 0 Å². The van der Waals surface area contributed by atoms with Gasteiger partial charge in [0, 0.05) is 6.61 Å². The van der Waals surface area contributed by atoms with Crippen LogP contribution in [0.1, 0.15) is 5.69 Å². The highest BCUT2D eigenvalue weighted by Crippen LogP contribution is 2.26. The molecule has 0 atom stereocenters. The molecule has 1 heterocycles. The number of para-hydroxylation sites is 2. The Balaban J connectivity index is 2.49. The Hall–Kier alpha value is -2.02. The first kappa shape index (κ1) is 13.4. The van der Waals surface area contributed by atoms with Crippen molar-refractivity contribution in [1.82, 2.24) is 9.97 Å². The molecule has 2 aromatic rings. The molecule has 1 aromatic heterocycles. The zero-order valence-corrected chi connectivity index (χ0v) is 9.77. The molecular formula is C12H9BF2N2O2. The fourth-order valence-electron chi connectivity index (χ4n) is 1.59. The predicted octanol–water partition coefficient (Wildman–Crippen LogP) is 1.67. The van der Waals surface area contributed by atoms with E-state index in [9.17, 15) is 13.6 Å². The van der Waals surface area contributed by atoms with Crippen LogP contribution >= 0.6 is 0 Å². The van der Waals surface area contributed by atoms with Gasteiger partial charge in [-0.2, -0.15) is 8.78 Å². The number of fused-ring (bicyclic) bond motifs is 1. The van der Waals surface area contributed by atoms with Crippen LogP contribution in [0.5, 0.6) is 0 Å². The minimum Gasteiger partial charge on any atom is -0.444 e. The number of rotatable bonds is 4. The van der Waals surface area contributed by atoms with Gasteiger partial charge in [-0.3, -0.25) is 4.79 Å². The number of benzene rings is 1. The molecule has 19 heavy (non-hydrogen) atoms. The second kappa shape index (κ2) is 5.32. The van der Waals surface area contributed by atoms with Crippen molar-refractivity contribution in [2.75, 3.05) is 6.61 Å². The highest BCUT2D eigenvalue weighted by atomic mass is 19.3. The molecule has 1 aromatic carbocycles. The molecular weight excluding hydrogens is 253 g/mol. The monoisotopic (exact) mass is 262 g/mol. The minimum atomic E-state index is -3.49. The van der Waals surface area contributed by atoms with Crippen LogP contribution in [-0.4, -0.2) is 24.6 Å². The molecule has 96 valence electrons. The van der Waals surface area contributed by atoms with Gasteiger partial charge in [0.2, 0.25) is 0 Å². The van der Waals surface area contributed by atoms with Gasteiger partial charge in [0.1, 0.15) is 0 Å². The van der Waals surface area contributed by atoms with Crippen LogP contribution in [0.3, 0.4) is 0 Å². The summed E-state index contributed by atoms with van der Waals surface area (Å²) in [7, 11) is 4.72. The van der Waals surface area contributed by atoms with E-state index in [2.05, 4.69) is 14.6 Å². The molecule has 0 saturated heterocycles. The summed E-state index contributed by atoms with van der Waals surface area (Å²) in [6, 6.07) is 6.45. The molecule has 2 radical (unpaired) electrons. The van der Waals surface area contributed by atoms with Crippen molar-refractivity contribution < 1.29 is 13.4 Å². The summed E-state index contributed by atoms with van der Waals surface area (Å²) in [6.45, 7) is -0.179. The number of allylic oxidation sites excluding steroid dienone is 1. The number of H-pyrrole nitrogens is 1. The van der Waals surface area contributed by atoms with Gasteiger partial charge in [0.05, 0.1) is 11.0 Å². The molecule has 4 nitrogen and oxygen atoms in total. The van der Waals surface area contributed by atoms with E-state index in [1.807, 2.05) is 0 Å². The molecule has 0 aliphatic carbocycles. The van der Waals surface area contributed by atoms with E-state index in [1.165, 1.54) is 6.07 Å². The van der Waals surface area contributed by atoms with Crippen LogP contribution in [0.25, 0.3) is 11.0 Å². The van der Waals surface area contributed by atoms with E-state index in [0.717, 1.165) is 6.08 Å². The van der Waals surface area contributed by atoms with Crippen molar-refractivity contribution in [3.05, 3.63) is 52.5 Å². The topological polar surface area (TPSA) is 55.0 Å². The quantitative estimate of drug-likeness (QED) is 0.673. The first-order chi connectivity index (χ1) is 9.04. The lowest BCUT2D eigenvalue weighted by molar-refractivity contribution is 0.0453. The van der Waals surface area contributed by atoms with Gasteiger partial charge in [0.15, 0.2) is 5.69 Å². The lowest BCUT2D eigenvalue weighted by Crippen LogP contribution is -2.25. The molecule has 0 aliphatic heterocycles. The first-order valence-electron chi connectivity index (χ1n) is 5.41. The van der Waals surface area contributed by atoms with Crippen LogP contribution in [0.4, 0.5) is 8.78 Å². The highest BCUT2D eigenvalue weighted by Gasteiger charge is 2.33. The Morgan fingerprint density at radius 2 is 2.16 bits per heavy atom. The average Bonchev–Trinajstić information content (AvgIpc) is 2.38. The summed E-state index contributed by atoms with van der Waals surface area (Å²) in [5.74, 6) is -3.49. The number of hydrogen-bond acceptors (Lipinski definition) is 3. The van der Waals surface area contributed by atoms with E-state index < -0.39 is 17.2 Å². The third kappa shape index (κ3) is 2.87. The van der Waals surface area contributed by atoms with Gasteiger partial charge in [-0.25, -0.2) is 4.98 Å². The molecule has 0 unspecified atom stereocenters. The second-order valence-corrected chi connectivity index (χ2v) is 3.79. The molecule has 0 saturated carbocycles. The lowest BCUT2D eigenvalue weighted by Gasteiger charge is -2.10. The average molecular weight is 262 g/mol. The Kier molecular flexibility index (Phi) is 3.75. The third-order valence-corrected chi connectivity index (χ3v) is 2.43. The summed E-state index contributed by atoms with van der Waals surface area (Å²) >= 11 is 0. The van der Waals surface area contributed by atoms with Crippen molar-refractivity contribution in [2.45, 2.75) is 5.92 Å². The van der Waals surface area contributed by atoms with Crippen molar-refractivity contribution in [3.8, 4) is 0 Å². The number of aromatic nitrogens is 2. The van der Waals surface area contributed by atoms with Crippen molar-refractivity contribution >= 4 is 19.1 Å². The normalized spacial score (nSPS) is 12.3. The Morgan fingerprint density at radius 3 is 2.89 bits per heavy atom. The number of aromatic amines is 1. The van der Waals surface area contributed by atoms with Gasteiger partial charge in [-0.1, -0.05) is 18.2 Å². The summed E-state index contributed by atoms with van der Waals surface area (Å²) in [5.41, 5.74) is -1.09. The van der Waals surface area contributed by atoms with E-state index in [0.29, 0.717) is 17.1 Å². The fourth-order valence-corrected chi connectivity index (χ4v) is 1.59. The highest BCUT2D eigenvalue weighted by molar-refractivity contribution is 5.98. The van der Waals surface area contributed by atoms with Crippen LogP contribution < -0.4 is 5.56 Å². The van der Waals surface area contributed by atoms with E-state index in [1.54, 1.807) is 18.2 Å². The van der Waals surface area contributed by atoms with Crippen molar-refractivity contribution in [1.29, 1.82) is 0 Å². The molecule has 0 spiro atoms. The molecule has 1 N–H and O–H groups in total. The summed E-state index contributed by atoms with van der Waals surface area (Å²) in [4.78, 5) is 17.7. The van der Waals surface area contributed by atoms with E-state index in [4.69, 9.17) is 8.05 Å². The standard InChI is InChI=1S/C12H9BF2N2O2/c13-19-7-3-6-12(14,15)10-11(18)17-9-5-2-1-4-8(9)16-10/h1-6H,7H2,(H,17,18)/b6-3+. The molecule has 2 rings (SSSR count). The second-order valence-electron chi connectivity index (χ2n) is 3.79. The van der Waals surface area contributed by atoms with E-state index >= 15 is 0 Å². The van der Waals surface area contributed by atoms with Crippen LogP contribution in [0, 0.1) is 0 Å². The van der Waals surface area contributed by atoms with E-state index in [-0.39, 0.29) is 6.61 Å². The van der Waals surface area contributed by atoms with Gasteiger partial charge in [-0.15, -0.1) is 0 Å². The number of nitrogens with zero attached hydrogens (tertiary/aromatic N) is 1. The zero-order chi connectivity index (χ0) is 13.9. The Labute approximate surface area is 108 Å². The number of halogens is 2. The Bertz CT molecular complexity index is 670. The smallest absolute Gasteiger partial charge is 0.313 e. The van der Waals surface area contributed by atoms with Crippen LogP contribution in [0.15, 0.2) is 41.2 Å². The molecule has 0 aliphatic rings. The van der Waals surface area contributed by atoms with Gasteiger partial charge in [0.25, 0.3) is 13.6 Å². The van der Waals surface area contributed by atoms with Gasteiger partial charge >= 0.3 is 5.92 Å².